The first-order chi connectivity index (χ1) is 4.61. The van der Waals surface area contributed by atoms with Crippen LogP contribution in [0.5, 0.6) is 0 Å². The molecule has 58 valence electrons. The van der Waals surface area contributed by atoms with Crippen LogP contribution in [0.25, 0.3) is 0 Å². The summed E-state index contributed by atoms with van der Waals surface area (Å²) in [5, 5.41) is 13.0. The van der Waals surface area contributed by atoms with Gasteiger partial charge in [-0.15, -0.1) is 0 Å². The number of hydrogen-bond donors (Lipinski definition) is 2. The van der Waals surface area contributed by atoms with E-state index in [1.807, 2.05) is 6.92 Å². The SMILES string of the molecule is C[C@H]1C[C@@H](O)N(C)C(=S)N1. The van der Waals surface area contributed by atoms with E-state index in [-0.39, 0.29) is 0 Å². The minimum atomic E-state index is -0.413. The van der Waals surface area contributed by atoms with E-state index < -0.39 is 6.23 Å². The Morgan fingerprint density at radius 1 is 1.80 bits per heavy atom. The molecule has 1 heterocycles. The molecule has 0 saturated carbocycles. The van der Waals surface area contributed by atoms with Gasteiger partial charge in [0.2, 0.25) is 0 Å². The number of nitrogens with one attached hydrogen (secondary N) is 1. The van der Waals surface area contributed by atoms with Crippen LogP contribution < -0.4 is 5.32 Å². The molecular formula is C6H12N2OS. The molecule has 1 aliphatic rings. The van der Waals surface area contributed by atoms with Gasteiger partial charge in [0.05, 0.1) is 0 Å². The Morgan fingerprint density at radius 2 is 2.40 bits per heavy atom. The van der Waals surface area contributed by atoms with E-state index in [9.17, 15) is 5.11 Å². The van der Waals surface area contributed by atoms with E-state index in [0.29, 0.717) is 11.2 Å². The zero-order valence-corrected chi connectivity index (χ0v) is 6.98. The third-order valence-electron chi connectivity index (χ3n) is 1.70. The van der Waals surface area contributed by atoms with Gasteiger partial charge in [0.15, 0.2) is 5.11 Å². The van der Waals surface area contributed by atoms with Crippen LogP contribution in [0.15, 0.2) is 0 Å². The Morgan fingerprint density at radius 3 is 2.90 bits per heavy atom. The van der Waals surface area contributed by atoms with Gasteiger partial charge in [-0.1, -0.05) is 0 Å². The Kier molecular flexibility index (Phi) is 2.11. The molecule has 0 unspecified atom stereocenters. The molecule has 0 aromatic heterocycles. The van der Waals surface area contributed by atoms with Gasteiger partial charge >= 0.3 is 0 Å². The summed E-state index contributed by atoms with van der Waals surface area (Å²) in [4.78, 5) is 1.66. The Bertz CT molecular complexity index is 151. The zero-order valence-electron chi connectivity index (χ0n) is 6.16. The van der Waals surface area contributed by atoms with Crippen LogP contribution in [0.3, 0.4) is 0 Å². The fourth-order valence-corrected chi connectivity index (χ4v) is 1.30. The summed E-state index contributed by atoms with van der Waals surface area (Å²) in [5.41, 5.74) is 0. The number of aliphatic hydroxyl groups is 1. The number of hydrogen-bond acceptors (Lipinski definition) is 2. The predicted octanol–water partition coefficient (Wildman–Crippen LogP) is -0.0967. The minimum Gasteiger partial charge on any atom is -0.373 e. The molecule has 0 bridgehead atoms. The zero-order chi connectivity index (χ0) is 7.72. The van der Waals surface area contributed by atoms with Crippen molar-refractivity contribution >= 4 is 17.3 Å². The van der Waals surface area contributed by atoms with E-state index in [2.05, 4.69) is 5.32 Å². The van der Waals surface area contributed by atoms with Crippen molar-refractivity contribution < 1.29 is 5.11 Å². The Hall–Kier alpha value is -0.350. The number of thiocarbonyl (C=S) groups is 1. The molecule has 1 rings (SSSR count). The first-order valence-corrected chi connectivity index (χ1v) is 3.73. The van der Waals surface area contributed by atoms with Crippen molar-refractivity contribution in [2.45, 2.75) is 25.6 Å². The van der Waals surface area contributed by atoms with E-state index in [4.69, 9.17) is 12.2 Å². The molecule has 0 amide bonds. The standard InChI is InChI=1S/C6H12N2OS/c1-4-3-5(9)8(2)6(10)7-4/h4-5,9H,3H2,1-2H3,(H,7,10)/t4-,5+/m0/s1. The summed E-state index contributed by atoms with van der Waals surface area (Å²) in [6.45, 7) is 2.00. The molecule has 1 aliphatic heterocycles. The molecule has 1 saturated heterocycles. The summed E-state index contributed by atoms with van der Waals surface area (Å²) in [6, 6.07) is 0.290. The maximum absolute atomic E-state index is 9.32. The van der Waals surface area contributed by atoms with Gasteiger partial charge in [-0.2, -0.15) is 0 Å². The van der Waals surface area contributed by atoms with Crippen molar-refractivity contribution in [3.05, 3.63) is 0 Å². The number of nitrogens with zero attached hydrogens (tertiary/aromatic N) is 1. The molecule has 10 heavy (non-hydrogen) atoms. The van der Waals surface area contributed by atoms with Crippen LogP contribution in [0.2, 0.25) is 0 Å². The van der Waals surface area contributed by atoms with Crippen molar-refractivity contribution in [2.75, 3.05) is 7.05 Å². The first-order valence-electron chi connectivity index (χ1n) is 3.32. The van der Waals surface area contributed by atoms with E-state index in [1.165, 1.54) is 0 Å². The first kappa shape index (κ1) is 7.75. The van der Waals surface area contributed by atoms with Crippen molar-refractivity contribution in [1.29, 1.82) is 0 Å². The highest BCUT2D eigenvalue weighted by Crippen LogP contribution is 2.08. The highest BCUT2D eigenvalue weighted by Gasteiger charge is 2.23. The van der Waals surface area contributed by atoms with Crippen molar-refractivity contribution in [1.82, 2.24) is 10.2 Å². The third kappa shape index (κ3) is 1.38. The Labute approximate surface area is 66.0 Å². The van der Waals surface area contributed by atoms with E-state index in [0.717, 1.165) is 6.42 Å². The lowest BCUT2D eigenvalue weighted by Crippen LogP contribution is -2.53. The maximum Gasteiger partial charge on any atom is 0.170 e. The lowest BCUT2D eigenvalue weighted by atomic mass is 10.2. The van der Waals surface area contributed by atoms with Crippen molar-refractivity contribution in [3.63, 3.8) is 0 Å². The molecule has 0 radical (unpaired) electrons. The number of aliphatic hydroxyl groups excluding tert-OH is 1. The van der Waals surface area contributed by atoms with Gasteiger partial charge in [-0.25, -0.2) is 0 Å². The second-order valence-electron chi connectivity index (χ2n) is 2.68. The maximum atomic E-state index is 9.32. The van der Waals surface area contributed by atoms with Crippen LogP contribution in [0, 0.1) is 0 Å². The molecule has 0 spiro atoms. The summed E-state index contributed by atoms with van der Waals surface area (Å²) in [5.74, 6) is 0. The molecule has 1 fully saturated rings. The van der Waals surface area contributed by atoms with Crippen molar-refractivity contribution in [3.8, 4) is 0 Å². The topological polar surface area (TPSA) is 35.5 Å². The average molecular weight is 160 g/mol. The Balaban J connectivity index is 2.57. The largest absolute Gasteiger partial charge is 0.373 e. The van der Waals surface area contributed by atoms with E-state index >= 15 is 0 Å². The van der Waals surface area contributed by atoms with Gasteiger partial charge in [-0.05, 0) is 19.1 Å². The second kappa shape index (κ2) is 2.72. The fourth-order valence-electron chi connectivity index (χ4n) is 0.981. The molecule has 2 N–H and O–H groups in total. The average Bonchev–Trinajstić information content (AvgIpc) is 1.82. The minimum absolute atomic E-state index is 0.290. The summed E-state index contributed by atoms with van der Waals surface area (Å²) in [6.07, 6.45) is 0.320. The van der Waals surface area contributed by atoms with Crippen LogP contribution in [-0.2, 0) is 0 Å². The summed E-state index contributed by atoms with van der Waals surface area (Å²) in [7, 11) is 1.78. The molecule has 4 heteroatoms. The lowest BCUT2D eigenvalue weighted by molar-refractivity contribution is 0.0408. The van der Waals surface area contributed by atoms with Gasteiger partial charge in [-0.3, -0.25) is 0 Å². The predicted molar refractivity (Wildman–Crippen MR) is 43.6 cm³/mol. The van der Waals surface area contributed by atoms with Crippen LogP contribution in [0.4, 0.5) is 0 Å². The molecule has 0 aromatic carbocycles. The number of rotatable bonds is 0. The summed E-state index contributed by atoms with van der Waals surface area (Å²) < 4.78 is 0. The molecule has 3 nitrogen and oxygen atoms in total. The second-order valence-corrected chi connectivity index (χ2v) is 3.06. The van der Waals surface area contributed by atoms with Crippen LogP contribution in [-0.4, -0.2) is 34.4 Å². The van der Waals surface area contributed by atoms with Gasteiger partial charge in [0.1, 0.15) is 6.23 Å². The van der Waals surface area contributed by atoms with Gasteiger partial charge < -0.3 is 15.3 Å². The van der Waals surface area contributed by atoms with Crippen LogP contribution >= 0.6 is 12.2 Å². The highest BCUT2D eigenvalue weighted by atomic mass is 32.1. The van der Waals surface area contributed by atoms with Gasteiger partial charge in [0, 0.05) is 19.5 Å². The van der Waals surface area contributed by atoms with E-state index in [1.54, 1.807) is 11.9 Å². The highest BCUT2D eigenvalue weighted by molar-refractivity contribution is 7.80. The fraction of sp³-hybridized carbons (Fsp3) is 0.833. The third-order valence-corrected chi connectivity index (χ3v) is 2.11. The van der Waals surface area contributed by atoms with Gasteiger partial charge in [0.25, 0.3) is 0 Å². The molecule has 2 atom stereocenters. The normalized spacial score (nSPS) is 33.9. The lowest BCUT2D eigenvalue weighted by Gasteiger charge is -2.35. The molecular weight excluding hydrogens is 148 g/mol. The molecule has 0 aromatic rings. The smallest absolute Gasteiger partial charge is 0.170 e. The monoisotopic (exact) mass is 160 g/mol. The molecule has 0 aliphatic carbocycles. The van der Waals surface area contributed by atoms with Crippen molar-refractivity contribution in [2.24, 2.45) is 0 Å². The summed E-state index contributed by atoms with van der Waals surface area (Å²) >= 11 is 4.94. The van der Waals surface area contributed by atoms with Crippen LogP contribution in [0.1, 0.15) is 13.3 Å². The quantitative estimate of drug-likeness (QED) is 0.485.